The Morgan fingerprint density at radius 3 is 2.42 bits per heavy atom. The van der Waals surface area contributed by atoms with E-state index < -0.39 is 4.92 Å². The van der Waals surface area contributed by atoms with Crippen molar-refractivity contribution in [2.24, 2.45) is 0 Å². The molecule has 7 heteroatoms. The zero-order valence-corrected chi connectivity index (χ0v) is 11.5. The van der Waals surface area contributed by atoms with E-state index in [0.717, 1.165) is 0 Å². The third-order valence-electron chi connectivity index (χ3n) is 2.25. The number of halogens is 3. The minimum Gasteiger partial charge on any atom is -0.447 e. The van der Waals surface area contributed by atoms with Crippen molar-refractivity contribution < 1.29 is 9.66 Å². The zero-order valence-electron chi connectivity index (χ0n) is 9.27. The van der Waals surface area contributed by atoms with Gasteiger partial charge in [0, 0.05) is 11.1 Å². The molecule has 2 rings (SSSR count). The molecule has 0 N–H and O–H groups in total. The van der Waals surface area contributed by atoms with E-state index >= 15 is 0 Å². The van der Waals surface area contributed by atoms with Gasteiger partial charge in [0.05, 0.1) is 15.0 Å². The van der Waals surface area contributed by atoms with Crippen molar-refractivity contribution in [3.05, 3.63) is 61.6 Å². The highest BCUT2D eigenvalue weighted by Gasteiger charge is 2.19. The van der Waals surface area contributed by atoms with Crippen LogP contribution in [0.15, 0.2) is 36.4 Å². The highest BCUT2D eigenvalue weighted by atomic mass is 35.5. The van der Waals surface area contributed by atoms with Gasteiger partial charge >= 0.3 is 5.69 Å². The normalized spacial score (nSPS) is 10.3. The van der Waals surface area contributed by atoms with E-state index in [0.29, 0.717) is 5.02 Å². The molecule has 0 saturated heterocycles. The molecule has 98 valence electrons. The summed E-state index contributed by atoms with van der Waals surface area (Å²) in [5.74, 6) is 0.181. The van der Waals surface area contributed by atoms with Crippen LogP contribution in [0.2, 0.25) is 15.1 Å². The molecule has 0 unspecified atom stereocenters. The standard InChI is InChI=1S/C12H6Cl3NO3/c13-7-4-5-11(9(15)6-7)19-12-8(14)2-1-3-10(12)16(17)18/h1-6H. The van der Waals surface area contributed by atoms with Crippen LogP contribution in [-0.4, -0.2) is 4.92 Å². The molecule has 19 heavy (non-hydrogen) atoms. The summed E-state index contributed by atoms with van der Waals surface area (Å²) in [4.78, 5) is 10.3. The van der Waals surface area contributed by atoms with E-state index in [1.807, 2.05) is 0 Å². The van der Waals surface area contributed by atoms with Gasteiger partial charge < -0.3 is 4.74 Å². The van der Waals surface area contributed by atoms with Gasteiger partial charge in [-0.05, 0) is 24.3 Å². The van der Waals surface area contributed by atoms with Crippen molar-refractivity contribution in [2.45, 2.75) is 0 Å². The summed E-state index contributed by atoms with van der Waals surface area (Å²) in [7, 11) is 0. The summed E-state index contributed by atoms with van der Waals surface area (Å²) < 4.78 is 5.42. The second kappa shape index (κ2) is 5.65. The maximum atomic E-state index is 10.9. The van der Waals surface area contributed by atoms with E-state index in [4.69, 9.17) is 39.5 Å². The molecule has 2 aromatic rings. The van der Waals surface area contributed by atoms with Crippen LogP contribution < -0.4 is 4.74 Å². The molecule has 0 amide bonds. The highest BCUT2D eigenvalue weighted by Crippen LogP contribution is 2.40. The lowest BCUT2D eigenvalue weighted by molar-refractivity contribution is -0.385. The summed E-state index contributed by atoms with van der Waals surface area (Å²) in [6.07, 6.45) is 0. The Morgan fingerprint density at radius 2 is 1.79 bits per heavy atom. The second-order valence-electron chi connectivity index (χ2n) is 3.52. The lowest BCUT2D eigenvalue weighted by atomic mass is 10.3. The fourth-order valence-electron chi connectivity index (χ4n) is 1.41. The van der Waals surface area contributed by atoms with Gasteiger partial charge in [-0.2, -0.15) is 0 Å². The van der Waals surface area contributed by atoms with Crippen LogP contribution >= 0.6 is 34.8 Å². The van der Waals surface area contributed by atoms with Crippen LogP contribution in [-0.2, 0) is 0 Å². The van der Waals surface area contributed by atoms with E-state index in [1.54, 1.807) is 6.07 Å². The number of nitrogens with zero attached hydrogens (tertiary/aromatic N) is 1. The van der Waals surface area contributed by atoms with Crippen molar-refractivity contribution in [2.75, 3.05) is 0 Å². The topological polar surface area (TPSA) is 52.4 Å². The van der Waals surface area contributed by atoms with Crippen LogP contribution in [0.5, 0.6) is 11.5 Å². The van der Waals surface area contributed by atoms with Crippen molar-refractivity contribution in [3.8, 4) is 11.5 Å². The van der Waals surface area contributed by atoms with E-state index in [2.05, 4.69) is 0 Å². The Morgan fingerprint density at radius 1 is 1.05 bits per heavy atom. The molecule has 0 spiro atoms. The van der Waals surface area contributed by atoms with E-state index in [-0.39, 0.29) is 27.2 Å². The summed E-state index contributed by atoms with van der Waals surface area (Å²) >= 11 is 17.6. The van der Waals surface area contributed by atoms with Gasteiger partial charge in [0.1, 0.15) is 5.75 Å². The monoisotopic (exact) mass is 317 g/mol. The molecule has 0 radical (unpaired) electrons. The van der Waals surface area contributed by atoms with Crippen LogP contribution in [0.1, 0.15) is 0 Å². The van der Waals surface area contributed by atoms with Gasteiger partial charge in [0.15, 0.2) is 0 Å². The minimum atomic E-state index is -0.578. The Balaban J connectivity index is 2.46. The first-order valence-electron chi connectivity index (χ1n) is 5.05. The Labute approximate surface area is 123 Å². The van der Waals surface area contributed by atoms with Crippen LogP contribution in [0, 0.1) is 10.1 Å². The minimum absolute atomic E-state index is 0.0570. The fourth-order valence-corrected chi connectivity index (χ4v) is 2.07. The Hall–Kier alpha value is -1.49. The van der Waals surface area contributed by atoms with Gasteiger partial charge in [0.2, 0.25) is 5.75 Å². The molecule has 0 aliphatic heterocycles. The molecule has 4 nitrogen and oxygen atoms in total. The van der Waals surface area contributed by atoms with Crippen molar-refractivity contribution >= 4 is 40.5 Å². The van der Waals surface area contributed by atoms with Crippen molar-refractivity contribution in [1.82, 2.24) is 0 Å². The molecule has 0 bridgehead atoms. The summed E-state index contributed by atoms with van der Waals surface area (Å²) in [6, 6.07) is 8.81. The first-order chi connectivity index (χ1) is 8.99. The maximum Gasteiger partial charge on any atom is 0.313 e. The largest absolute Gasteiger partial charge is 0.447 e. The summed E-state index contributed by atoms with van der Waals surface area (Å²) in [5.41, 5.74) is -0.237. The number of nitro benzene ring substituents is 1. The predicted molar refractivity (Wildman–Crippen MR) is 74.6 cm³/mol. The third-order valence-corrected chi connectivity index (χ3v) is 3.08. The first kappa shape index (κ1) is 13.9. The van der Waals surface area contributed by atoms with Gasteiger partial charge in [-0.25, -0.2) is 0 Å². The highest BCUT2D eigenvalue weighted by molar-refractivity contribution is 6.35. The van der Waals surface area contributed by atoms with Crippen molar-refractivity contribution in [1.29, 1.82) is 0 Å². The molecule has 2 aromatic carbocycles. The molecule has 0 fully saturated rings. The molecule has 0 heterocycles. The smallest absolute Gasteiger partial charge is 0.313 e. The number of hydrogen-bond donors (Lipinski definition) is 0. The number of para-hydroxylation sites is 1. The maximum absolute atomic E-state index is 10.9. The molecule has 0 saturated carbocycles. The van der Waals surface area contributed by atoms with Gasteiger partial charge in [-0.1, -0.05) is 40.9 Å². The second-order valence-corrected chi connectivity index (χ2v) is 4.77. The number of nitro groups is 1. The average Bonchev–Trinajstić information content (AvgIpc) is 2.34. The first-order valence-corrected chi connectivity index (χ1v) is 6.18. The van der Waals surface area contributed by atoms with Crippen LogP contribution in [0.4, 0.5) is 5.69 Å². The molecule has 0 aromatic heterocycles. The SMILES string of the molecule is O=[N+]([O-])c1cccc(Cl)c1Oc1ccc(Cl)cc1Cl. The molecular formula is C12H6Cl3NO3. The van der Waals surface area contributed by atoms with E-state index in [9.17, 15) is 10.1 Å². The average molecular weight is 319 g/mol. The van der Waals surface area contributed by atoms with Gasteiger partial charge in [0.25, 0.3) is 0 Å². The van der Waals surface area contributed by atoms with Crippen LogP contribution in [0.3, 0.4) is 0 Å². The molecule has 0 aliphatic rings. The number of rotatable bonds is 3. The lowest BCUT2D eigenvalue weighted by Crippen LogP contribution is -1.94. The zero-order chi connectivity index (χ0) is 14.0. The number of ether oxygens (including phenoxy) is 1. The number of hydrogen-bond acceptors (Lipinski definition) is 3. The fraction of sp³-hybridized carbons (Fsp3) is 0. The predicted octanol–water partition coefficient (Wildman–Crippen LogP) is 5.35. The molecule has 0 atom stereocenters. The Bertz CT molecular complexity index is 646. The van der Waals surface area contributed by atoms with Crippen LogP contribution in [0.25, 0.3) is 0 Å². The summed E-state index contributed by atoms with van der Waals surface area (Å²) in [6.45, 7) is 0. The van der Waals surface area contributed by atoms with E-state index in [1.165, 1.54) is 30.3 Å². The number of benzene rings is 2. The van der Waals surface area contributed by atoms with Crippen molar-refractivity contribution in [3.63, 3.8) is 0 Å². The lowest BCUT2D eigenvalue weighted by Gasteiger charge is -2.09. The Kier molecular flexibility index (Phi) is 4.14. The van der Waals surface area contributed by atoms with Gasteiger partial charge in [-0.15, -0.1) is 0 Å². The third kappa shape index (κ3) is 3.10. The summed E-state index contributed by atoms with van der Waals surface area (Å²) in [5, 5.41) is 11.7. The quantitative estimate of drug-likeness (QED) is 0.566. The molecular weight excluding hydrogens is 312 g/mol. The van der Waals surface area contributed by atoms with Gasteiger partial charge in [-0.3, -0.25) is 10.1 Å². The molecule has 0 aliphatic carbocycles.